The van der Waals surface area contributed by atoms with Gasteiger partial charge in [-0.15, -0.1) is 0 Å². The van der Waals surface area contributed by atoms with Gasteiger partial charge in [-0.05, 0) is 59.8 Å². The molecule has 0 saturated heterocycles. The summed E-state index contributed by atoms with van der Waals surface area (Å²) in [6, 6.07) is 12.4. The lowest BCUT2D eigenvalue weighted by molar-refractivity contribution is 0.102. The molecule has 0 aliphatic carbocycles. The Balaban J connectivity index is 2.16. The van der Waals surface area contributed by atoms with Crippen LogP contribution >= 0.6 is 22.6 Å². The number of hydrogen-bond donors (Lipinski definition) is 2. The molecule has 0 radical (unpaired) electrons. The Morgan fingerprint density at radius 2 is 1.83 bits per heavy atom. The van der Waals surface area contributed by atoms with Gasteiger partial charge in [-0.2, -0.15) is 0 Å². The van der Waals surface area contributed by atoms with Crippen LogP contribution in [0.3, 0.4) is 0 Å². The average molecular weight is 353 g/mol. The van der Waals surface area contributed by atoms with Crippen molar-refractivity contribution in [2.75, 3.05) is 5.32 Å². The molecular formula is C14H12INO2. The van der Waals surface area contributed by atoms with Crippen LogP contribution in [0.15, 0.2) is 42.5 Å². The van der Waals surface area contributed by atoms with E-state index in [9.17, 15) is 9.90 Å². The lowest BCUT2D eigenvalue weighted by Crippen LogP contribution is -2.11. The third kappa shape index (κ3) is 3.01. The fraction of sp³-hybridized carbons (Fsp3) is 0.0714. The number of aryl methyl sites for hydroxylation is 1. The zero-order chi connectivity index (χ0) is 13.1. The van der Waals surface area contributed by atoms with Gasteiger partial charge in [0, 0.05) is 11.3 Å². The van der Waals surface area contributed by atoms with Gasteiger partial charge in [0.25, 0.3) is 5.91 Å². The normalized spacial score (nSPS) is 10.1. The number of halogens is 1. The van der Waals surface area contributed by atoms with Crippen molar-refractivity contribution in [3.63, 3.8) is 0 Å². The van der Waals surface area contributed by atoms with Crippen LogP contribution in [0.25, 0.3) is 0 Å². The number of aromatic hydroxyl groups is 1. The van der Waals surface area contributed by atoms with Crippen LogP contribution in [-0.4, -0.2) is 11.0 Å². The molecule has 0 aliphatic heterocycles. The second kappa shape index (κ2) is 5.39. The number of rotatable bonds is 2. The fourth-order valence-electron chi connectivity index (χ4n) is 1.49. The molecule has 0 atom stereocenters. The third-order valence-electron chi connectivity index (χ3n) is 2.52. The maximum Gasteiger partial charge on any atom is 0.255 e. The summed E-state index contributed by atoms with van der Waals surface area (Å²) in [5.74, 6) is -0.113. The number of amides is 1. The minimum absolute atomic E-state index is 0.118. The summed E-state index contributed by atoms with van der Waals surface area (Å²) >= 11 is 2.01. The van der Waals surface area contributed by atoms with Crippen LogP contribution in [0.5, 0.6) is 5.75 Å². The highest BCUT2D eigenvalue weighted by atomic mass is 127. The van der Waals surface area contributed by atoms with Gasteiger partial charge < -0.3 is 10.4 Å². The van der Waals surface area contributed by atoms with Crippen molar-refractivity contribution in [1.82, 2.24) is 0 Å². The summed E-state index contributed by atoms with van der Waals surface area (Å²) in [7, 11) is 0. The molecule has 18 heavy (non-hydrogen) atoms. The molecule has 0 saturated carbocycles. The Bertz CT molecular complexity index is 579. The number of nitrogens with one attached hydrogen (secondary N) is 1. The molecule has 0 heterocycles. The summed E-state index contributed by atoms with van der Waals surface area (Å²) in [6.45, 7) is 1.99. The first-order valence-corrected chi connectivity index (χ1v) is 6.50. The smallest absolute Gasteiger partial charge is 0.255 e. The highest BCUT2D eigenvalue weighted by Gasteiger charge is 2.08. The van der Waals surface area contributed by atoms with Gasteiger partial charge >= 0.3 is 0 Å². The van der Waals surface area contributed by atoms with Gasteiger partial charge in [-0.25, -0.2) is 0 Å². The van der Waals surface area contributed by atoms with Crippen LogP contribution in [0.1, 0.15) is 15.9 Å². The van der Waals surface area contributed by atoms with Crippen LogP contribution in [-0.2, 0) is 0 Å². The molecule has 92 valence electrons. The summed E-state index contributed by atoms with van der Waals surface area (Å²) < 4.78 is 0.722. The standard InChI is InChI=1S/C14H12INO2/c1-9-2-5-11(6-3-9)16-14(18)10-4-7-12(15)13(17)8-10/h2-8,17H,1H3,(H,16,18). The molecule has 0 aliphatic rings. The second-order valence-corrected chi connectivity index (χ2v) is 5.15. The zero-order valence-corrected chi connectivity index (χ0v) is 11.9. The lowest BCUT2D eigenvalue weighted by Gasteiger charge is -2.06. The monoisotopic (exact) mass is 353 g/mol. The number of anilines is 1. The van der Waals surface area contributed by atoms with Crippen LogP contribution < -0.4 is 5.32 Å². The molecule has 0 unspecified atom stereocenters. The van der Waals surface area contributed by atoms with E-state index in [1.54, 1.807) is 12.1 Å². The summed E-state index contributed by atoms with van der Waals surface area (Å²) in [5, 5.41) is 12.3. The van der Waals surface area contributed by atoms with Crippen molar-refractivity contribution < 1.29 is 9.90 Å². The number of carbonyl (C=O) groups is 1. The largest absolute Gasteiger partial charge is 0.507 e. The molecular weight excluding hydrogens is 341 g/mol. The van der Waals surface area contributed by atoms with Crippen molar-refractivity contribution >= 4 is 34.2 Å². The number of hydrogen-bond acceptors (Lipinski definition) is 2. The van der Waals surface area contributed by atoms with Gasteiger partial charge in [0.15, 0.2) is 0 Å². The molecule has 0 bridgehead atoms. The Kier molecular flexibility index (Phi) is 3.86. The van der Waals surface area contributed by atoms with Crippen molar-refractivity contribution in [2.45, 2.75) is 6.92 Å². The van der Waals surface area contributed by atoms with E-state index < -0.39 is 0 Å². The Morgan fingerprint density at radius 1 is 1.17 bits per heavy atom. The molecule has 3 nitrogen and oxygen atoms in total. The molecule has 0 fully saturated rings. The number of phenols is 1. The molecule has 1 amide bonds. The molecule has 0 spiro atoms. The van der Waals surface area contributed by atoms with E-state index in [2.05, 4.69) is 5.32 Å². The Morgan fingerprint density at radius 3 is 2.44 bits per heavy atom. The summed E-state index contributed by atoms with van der Waals surface area (Å²) in [5.41, 5.74) is 2.32. The highest BCUT2D eigenvalue weighted by molar-refractivity contribution is 14.1. The summed E-state index contributed by atoms with van der Waals surface area (Å²) in [4.78, 5) is 11.9. The SMILES string of the molecule is Cc1ccc(NC(=O)c2ccc(I)c(O)c2)cc1. The van der Waals surface area contributed by atoms with Crippen LogP contribution in [0.4, 0.5) is 5.69 Å². The highest BCUT2D eigenvalue weighted by Crippen LogP contribution is 2.21. The first kappa shape index (κ1) is 12.9. The maximum atomic E-state index is 11.9. The van der Waals surface area contributed by atoms with E-state index in [1.807, 2.05) is 53.8 Å². The van der Waals surface area contributed by atoms with Crippen LogP contribution in [0, 0.1) is 10.5 Å². The summed E-state index contributed by atoms with van der Waals surface area (Å²) in [6.07, 6.45) is 0. The first-order chi connectivity index (χ1) is 8.56. The van der Waals surface area contributed by atoms with Crippen molar-refractivity contribution in [3.05, 3.63) is 57.2 Å². The molecule has 2 N–H and O–H groups in total. The fourth-order valence-corrected chi connectivity index (χ4v) is 1.83. The molecule has 0 aromatic heterocycles. The molecule has 4 heteroatoms. The number of benzene rings is 2. The third-order valence-corrected chi connectivity index (χ3v) is 3.43. The van der Waals surface area contributed by atoms with Gasteiger partial charge in [-0.1, -0.05) is 17.7 Å². The number of carbonyl (C=O) groups excluding carboxylic acids is 1. The van der Waals surface area contributed by atoms with Crippen molar-refractivity contribution in [1.29, 1.82) is 0 Å². The first-order valence-electron chi connectivity index (χ1n) is 5.43. The van der Waals surface area contributed by atoms with Gasteiger partial charge in [-0.3, -0.25) is 4.79 Å². The van der Waals surface area contributed by atoms with Gasteiger partial charge in [0.05, 0.1) is 3.57 Å². The van der Waals surface area contributed by atoms with Crippen molar-refractivity contribution in [2.24, 2.45) is 0 Å². The van der Waals surface area contributed by atoms with E-state index in [0.717, 1.165) is 14.8 Å². The predicted molar refractivity (Wildman–Crippen MR) is 80.0 cm³/mol. The van der Waals surface area contributed by atoms with E-state index in [-0.39, 0.29) is 11.7 Å². The van der Waals surface area contributed by atoms with E-state index in [0.29, 0.717) is 5.56 Å². The van der Waals surface area contributed by atoms with Crippen molar-refractivity contribution in [3.8, 4) is 5.75 Å². The van der Waals surface area contributed by atoms with Crippen LogP contribution in [0.2, 0.25) is 0 Å². The quantitative estimate of drug-likeness (QED) is 0.812. The Hall–Kier alpha value is -1.56. The Labute approximate surface area is 119 Å². The topological polar surface area (TPSA) is 49.3 Å². The zero-order valence-electron chi connectivity index (χ0n) is 9.77. The molecule has 2 aromatic rings. The maximum absolute atomic E-state index is 11.9. The molecule has 2 aromatic carbocycles. The minimum Gasteiger partial charge on any atom is -0.507 e. The van der Waals surface area contributed by atoms with Gasteiger partial charge in [0.1, 0.15) is 5.75 Å². The predicted octanol–water partition coefficient (Wildman–Crippen LogP) is 3.56. The van der Waals surface area contributed by atoms with E-state index in [1.165, 1.54) is 6.07 Å². The molecule has 2 rings (SSSR count). The average Bonchev–Trinajstić information content (AvgIpc) is 2.35. The number of phenolic OH excluding ortho intramolecular Hbond substituents is 1. The van der Waals surface area contributed by atoms with Gasteiger partial charge in [0.2, 0.25) is 0 Å². The minimum atomic E-state index is -0.231. The lowest BCUT2D eigenvalue weighted by atomic mass is 10.2. The van der Waals surface area contributed by atoms with E-state index in [4.69, 9.17) is 0 Å². The van der Waals surface area contributed by atoms with E-state index >= 15 is 0 Å². The second-order valence-electron chi connectivity index (χ2n) is 3.99.